The molecule has 0 radical (unpaired) electrons. The number of alkyl halides is 3. The van der Waals surface area contributed by atoms with E-state index in [2.05, 4.69) is 10.5 Å². The Morgan fingerprint density at radius 3 is 2.18 bits per heavy atom. The topological polar surface area (TPSA) is 33.6 Å². The molecular weight excluding hydrogens is 210 g/mol. The SMILES string of the molecule is CC1(C)N=C(C(Cl)(Cl)Cl)NO1. The van der Waals surface area contributed by atoms with E-state index in [0.29, 0.717) is 0 Å². The number of amidine groups is 1. The van der Waals surface area contributed by atoms with Gasteiger partial charge in [-0.05, 0) is 13.8 Å². The first-order valence-corrected chi connectivity index (χ1v) is 4.06. The number of nitrogens with zero attached hydrogens (tertiary/aromatic N) is 1. The van der Waals surface area contributed by atoms with Crippen LogP contribution in [0.2, 0.25) is 0 Å². The summed E-state index contributed by atoms with van der Waals surface area (Å²) in [5, 5.41) is 0. The van der Waals surface area contributed by atoms with Gasteiger partial charge >= 0.3 is 0 Å². The van der Waals surface area contributed by atoms with Crippen molar-refractivity contribution >= 4 is 40.6 Å². The van der Waals surface area contributed by atoms with Crippen molar-refractivity contribution in [1.29, 1.82) is 0 Å². The van der Waals surface area contributed by atoms with Crippen molar-refractivity contribution in [3.8, 4) is 0 Å². The highest BCUT2D eigenvalue weighted by Crippen LogP contribution is 2.31. The Morgan fingerprint density at radius 1 is 1.45 bits per heavy atom. The van der Waals surface area contributed by atoms with Gasteiger partial charge in [-0.15, -0.1) is 0 Å². The second-order valence-electron chi connectivity index (χ2n) is 2.61. The van der Waals surface area contributed by atoms with E-state index in [1.807, 2.05) is 0 Å². The van der Waals surface area contributed by atoms with E-state index >= 15 is 0 Å². The van der Waals surface area contributed by atoms with Gasteiger partial charge in [0.05, 0.1) is 0 Å². The molecule has 1 heterocycles. The van der Waals surface area contributed by atoms with Crippen molar-refractivity contribution < 1.29 is 4.84 Å². The first-order valence-electron chi connectivity index (χ1n) is 2.92. The molecule has 0 aromatic rings. The highest BCUT2D eigenvalue weighted by Gasteiger charge is 2.37. The summed E-state index contributed by atoms with van der Waals surface area (Å²) in [7, 11) is 0. The van der Waals surface area contributed by atoms with Crippen molar-refractivity contribution in [3.63, 3.8) is 0 Å². The van der Waals surface area contributed by atoms with Gasteiger partial charge in [0, 0.05) is 0 Å². The van der Waals surface area contributed by atoms with Crippen LogP contribution in [0.25, 0.3) is 0 Å². The number of hydrogen-bond acceptors (Lipinski definition) is 3. The van der Waals surface area contributed by atoms with E-state index in [1.54, 1.807) is 13.8 Å². The Labute approximate surface area is 79.6 Å². The minimum atomic E-state index is -1.53. The molecule has 0 aromatic carbocycles. The standard InChI is InChI=1S/C5H7Cl3N2O/c1-4(2)9-3(10-11-4)5(6,7)8/h1-2H3,(H,9,10). The number of halogens is 3. The largest absolute Gasteiger partial charge is 0.249 e. The first kappa shape index (κ1) is 9.39. The Kier molecular flexibility index (Phi) is 2.27. The molecular formula is C5H7Cl3N2O. The average molecular weight is 217 g/mol. The van der Waals surface area contributed by atoms with Crippen molar-refractivity contribution in [3.05, 3.63) is 0 Å². The van der Waals surface area contributed by atoms with Gasteiger partial charge in [-0.1, -0.05) is 34.8 Å². The van der Waals surface area contributed by atoms with Crippen LogP contribution in [0, 0.1) is 0 Å². The molecule has 1 aliphatic rings. The van der Waals surface area contributed by atoms with Crippen molar-refractivity contribution in [1.82, 2.24) is 5.48 Å². The van der Waals surface area contributed by atoms with Gasteiger partial charge in [-0.25, -0.2) is 15.3 Å². The lowest BCUT2D eigenvalue weighted by atomic mass is 10.3. The Morgan fingerprint density at radius 2 is 2.00 bits per heavy atom. The van der Waals surface area contributed by atoms with E-state index in [0.717, 1.165) is 0 Å². The Bertz CT molecular complexity index is 196. The molecule has 0 aliphatic carbocycles. The summed E-state index contributed by atoms with van der Waals surface area (Å²) in [5.41, 5.74) is 1.79. The molecule has 0 unspecified atom stereocenters. The molecule has 6 heteroatoms. The second-order valence-corrected chi connectivity index (χ2v) is 4.89. The fourth-order valence-electron chi connectivity index (χ4n) is 0.609. The zero-order chi connectivity index (χ0) is 8.70. The molecule has 0 aromatic heterocycles. The number of hydrogen-bond donors (Lipinski definition) is 1. The maximum Gasteiger partial charge on any atom is 0.249 e. The fraction of sp³-hybridized carbons (Fsp3) is 0.800. The summed E-state index contributed by atoms with van der Waals surface area (Å²) in [4.78, 5) is 8.95. The first-order chi connectivity index (χ1) is 4.81. The maximum absolute atomic E-state index is 5.52. The number of nitrogens with one attached hydrogen (secondary N) is 1. The molecule has 0 bridgehead atoms. The van der Waals surface area contributed by atoms with Gasteiger partial charge in [-0.2, -0.15) is 0 Å². The van der Waals surface area contributed by atoms with Crippen LogP contribution in [0.1, 0.15) is 13.8 Å². The van der Waals surface area contributed by atoms with Gasteiger partial charge < -0.3 is 0 Å². The number of rotatable bonds is 0. The molecule has 1 rings (SSSR count). The lowest BCUT2D eigenvalue weighted by molar-refractivity contribution is -0.0273. The summed E-state index contributed by atoms with van der Waals surface area (Å²) >= 11 is 16.6. The second kappa shape index (κ2) is 2.66. The average Bonchev–Trinajstić information content (AvgIpc) is 2.07. The monoisotopic (exact) mass is 216 g/mol. The zero-order valence-corrected chi connectivity index (χ0v) is 8.26. The maximum atomic E-state index is 5.52. The Hall–Kier alpha value is 0.300. The van der Waals surface area contributed by atoms with Crippen molar-refractivity contribution in [2.45, 2.75) is 23.4 Å². The minimum Gasteiger partial charge on any atom is -0.247 e. The molecule has 11 heavy (non-hydrogen) atoms. The molecule has 64 valence electrons. The molecule has 1 aliphatic heterocycles. The highest BCUT2D eigenvalue weighted by molar-refractivity contribution is 6.76. The summed E-state index contributed by atoms with van der Waals surface area (Å²) in [5.74, 6) is 0.215. The van der Waals surface area contributed by atoms with Gasteiger partial charge in [0.1, 0.15) is 0 Å². The van der Waals surface area contributed by atoms with Crippen molar-refractivity contribution in [2.24, 2.45) is 4.99 Å². The summed E-state index contributed by atoms with van der Waals surface area (Å²) in [6.07, 6.45) is 0. The highest BCUT2D eigenvalue weighted by atomic mass is 35.6. The fourth-order valence-corrected chi connectivity index (χ4v) is 0.852. The normalized spacial score (nSPS) is 22.8. The molecule has 1 N–H and O–H groups in total. The van der Waals surface area contributed by atoms with Gasteiger partial charge in [0.15, 0.2) is 11.6 Å². The van der Waals surface area contributed by atoms with Gasteiger partial charge in [0.25, 0.3) is 0 Å². The number of hydroxylamine groups is 1. The molecule has 0 atom stereocenters. The van der Waals surface area contributed by atoms with E-state index in [4.69, 9.17) is 39.6 Å². The molecule has 0 saturated carbocycles. The van der Waals surface area contributed by atoms with E-state index in [-0.39, 0.29) is 5.84 Å². The van der Waals surface area contributed by atoms with Crippen LogP contribution in [-0.4, -0.2) is 15.4 Å². The van der Waals surface area contributed by atoms with E-state index < -0.39 is 9.52 Å². The summed E-state index contributed by atoms with van der Waals surface area (Å²) in [6, 6.07) is 0. The van der Waals surface area contributed by atoms with Gasteiger partial charge in [0.2, 0.25) is 3.79 Å². The van der Waals surface area contributed by atoms with Gasteiger partial charge in [-0.3, -0.25) is 0 Å². The summed E-state index contributed by atoms with van der Waals surface area (Å²) in [6.45, 7) is 3.51. The third kappa shape index (κ3) is 2.37. The third-order valence-electron chi connectivity index (χ3n) is 1.05. The predicted octanol–water partition coefficient (Wildman–Crippen LogP) is 2.03. The van der Waals surface area contributed by atoms with Crippen LogP contribution in [0.5, 0.6) is 0 Å². The quantitative estimate of drug-likeness (QED) is 0.630. The lowest BCUT2D eigenvalue weighted by Crippen LogP contribution is -2.30. The summed E-state index contributed by atoms with van der Waals surface area (Å²) < 4.78 is -1.53. The number of aliphatic imine (C=N–C) groups is 1. The van der Waals surface area contributed by atoms with Crippen molar-refractivity contribution in [2.75, 3.05) is 0 Å². The van der Waals surface area contributed by atoms with Crippen LogP contribution in [-0.2, 0) is 4.84 Å². The van der Waals surface area contributed by atoms with Crippen LogP contribution in [0.3, 0.4) is 0 Å². The smallest absolute Gasteiger partial charge is 0.247 e. The van der Waals surface area contributed by atoms with Crippen LogP contribution < -0.4 is 5.48 Å². The van der Waals surface area contributed by atoms with E-state index in [1.165, 1.54) is 0 Å². The Balaban J connectivity index is 2.79. The molecule has 0 fully saturated rings. The molecule has 0 spiro atoms. The van der Waals surface area contributed by atoms with Crippen LogP contribution in [0.15, 0.2) is 4.99 Å². The molecule has 3 nitrogen and oxygen atoms in total. The third-order valence-corrected chi connectivity index (χ3v) is 1.58. The van der Waals surface area contributed by atoms with E-state index in [9.17, 15) is 0 Å². The van der Waals surface area contributed by atoms with Crippen LogP contribution in [0.4, 0.5) is 0 Å². The molecule has 0 saturated heterocycles. The minimum absolute atomic E-state index is 0.215. The van der Waals surface area contributed by atoms with Crippen LogP contribution >= 0.6 is 34.8 Å². The zero-order valence-electron chi connectivity index (χ0n) is 5.99. The molecule has 0 amide bonds. The lowest BCUT2D eigenvalue weighted by Gasteiger charge is -2.09. The predicted molar refractivity (Wildman–Crippen MR) is 46.0 cm³/mol.